The SMILES string of the molecule is NCc1ccnc2c(Br)c(-c3ccccc3)nn12. The summed E-state index contributed by atoms with van der Waals surface area (Å²) in [6.45, 7) is 0.432. The zero-order chi connectivity index (χ0) is 12.5. The van der Waals surface area contributed by atoms with Crippen LogP contribution in [0.4, 0.5) is 0 Å². The molecule has 2 N–H and O–H groups in total. The highest BCUT2D eigenvalue weighted by atomic mass is 79.9. The van der Waals surface area contributed by atoms with Crippen molar-refractivity contribution in [2.24, 2.45) is 5.73 Å². The predicted octanol–water partition coefficient (Wildman–Crippen LogP) is 2.62. The molecular formula is C13H11BrN4. The van der Waals surface area contributed by atoms with Crippen LogP contribution in [-0.4, -0.2) is 14.6 Å². The summed E-state index contributed by atoms with van der Waals surface area (Å²) in [5, 5.41) is 4.58. The Morgan fingerprint density at radius 3 is 2.67 bits per heavy atom. The zero-order valence-corrected chi connectivity index (χ0v) is 11.1. The molecule has 0 bridgehead atoms. The highest BCUT2D eigenvalue weighted by molar-refractivity contribution is 9.10. The van der Waals surface area contributed by atoms with Gasteiger partial charge in [-0.1, -0.05) is 30.3 Å². The summed E-state index contributed by atoms with van der Waals surface area (Å²) in [7, 11) is 0. The van der Waals surface area contributed by atoms with Crippen LogP contribution in [0.1, 0.15) is 5.69 Å². The third-order valence-corrected chi connectivity index (χ3v) is 3.53. The van der Waals surface area contributed by atoms with Gasteiger partial charge in [-0.3, -0.25) is 0 Å². The molecule has 18 heavy (non-hydrogen) atoms. The molecule has 2 heterocycles. The molecular weight excluding hydrogens is 292 g/mol. The quantitative estimate of drug-likeness (QED) is 0.792. The van der Waals surface area contributed by atoms with Crippen LogP contribution in [0, 0.1) is 0 Å². The van der Waals surface area contributed by atoms with Gasteiger partial charge in [0.05, 0.1) is 10.2 Å². The van der Waals surface area contributed by atoms with E-state index < -0.39 is 0 Å². The van der Waals surface area contributed by atoms with Crippen LogP contribution in [0.25, 0.3) is 16.9 Å². The first kappa shape index (κ1) is 11.4. The molecule has 0 unspecified atom stereocenters. The van der Waals surface area contributed by atoms with Crippen molar-refractivity contribution in [3.8, 4) is 11.3 Å². The van der Waals surface area contributed by atoms with E-state index in [9.17, 15) is 0 Å². The molecule has 4 nitrogen and oxygen atoms in total. The standard InChI is InChI=1S/C13H11BrN4/c14-11-12(9-4-2-1-3-5-9)17-18-10(8-15)6-7-16-13(11)18/h1-7H,8,15H2. The average molecular weight is 303 g/mol. The first-order chi connectivity index (χ1) is 8.81. The second kappa shape index (κ2) is 4.51. The number of hydrogen-bond acceptors (Lipinski definition) is 3. The van der Waals surface area contributed by atoms with Gasteiger partial charge in [0.1, 0.15) is 5.69 Å². The molecule has 0 spiro atoms. The summed E-state index contributed by atoms with van der Waals surface area (Å²) in [5.74, 6) is 0. The molecule has 0 atom stereocenters. The number of hydrogen-bond donors (Lipinski definition) is 1. The van der Waals surface area contributed by atoms with E-state index in [0.717, 1.165) is 27.1 Å². The van der Waals surface area contributed by atoms with Gasteiger partial charge in [0.25, 0.3) is 0 Å². The van der Waals surface area contributed by atoms with Crippen LogP contribution < -0.4 is 5.73 Å². The Morgan fingerprint density at radius 1 is 1.17 bits per heavy atom. The Balaban J connectivity index is 2.29. The molecule has 3 aromatic rings. The first-order valence-electron chi connectivity index (χ1n) is 5.59. The van der Waals surface area contributed by atoms with E-state index in [1.54, 1.807) is 10.7 Å². The molecule has 0 aliphatic rings. The van der Waals surface area contributed by atoms with Gasteiger partial charge in [-0.25, -0.2) is 9.50 Å². The van der Waals surface area contributed by atoms with Gasteiger partial charge in [0, 0.05) is 18.3 Å². The lowest BCUT2D eigenvalue weighted by Gasteiger charge is -1.99. The van der Waals surface area contributed by atoms with Crippen molar-refractivity contribution < 1.29 is 0 Å². The van der Waals surface area contributed by atoms with Crippen LogP contribution in [0.3, 0.4) is 0 Å². The van der Waals surface area contributed by atoms with Crippen LogP contribution in [0.5, 0.6) is 0 Å². The topological polar surface area (TPSA) is 56.2 Å². The molecule has 3 rings (SSSR count). The van der Waals surface area contributed by atoms with Crippen LogP contribution in [0.2, 0.25) is 0 Å². The number of nitrogens with two attached hydrogens (primary N) is 1. The highest BCUT2D eigenvalue weighted by Gasteiger charge is 2.14. The molecule has 0 saturated heterocycles. The van der Waals surface area contributed by atoms with E-state index >= 15 is 0 Å². The van der Waals surface area contributed by atoms with E-state index in [0.29, 0.717) is 6.54 Å². The number of fused-ring (bicyclic) bond motifs is 1. The molecule has 90 valence electrons. The Bertz CT molecular complexity index is 691. The number of halogens is 1. The van der Waals surface area contributed by atoms with Gasteiger partial charge in [-0.15, -0.1) is 0 Å². The molecule has 0 amide bonds. The van der Waals surface area contributed by atoms with Gasteiger partial charge >= 0.3 is 0 Å². The average Bonchev–Trinajstić information content (AvgIpc) is 2.77. The fraction of sp³-hybridized carbons (Fsp3) is 0.0769. The van der Waals surface area contributed by atoms with E-state index in [1.165, 1.54) is 0 Å². The monoisotopic (exact) mass is 302 g/mol. The van der Waals surface area contributed by atoms with E-state index in [1.807, 2.05) is 36.4 Å². The number of benzene rings is 1. The summed E-state index contributed by atoms with van der Waals surface area (Å²) in [5.41, 5.74) is 9.36. The van der Waals surface area contributed by atoms with Crippen molar-refractivity contribution in [1.82, 2.24) is 14.6 Å². The molecule has 0 fully saturated rings. The van der Waals surface area contributed by atoms with Crippen LogP contribution in [-0.2, 0) is 6.54 Å². The minimum atomic E-state index is 0.432. The van der Waals surface area contributed by atoms with Gasteiger partial charge < -0.3 is 5.73 Å². The van der Waals surface area contributed by atoms with Crippen molar-refractivity contribution in [3.63, 3.8) is 0 Å². The third kappa shape index (κ3) is 1.72. The van der Waals surface area contributed by atoms with Gasteiger partial charge in [-0.05, 0) is 22.0 Å². The smallest absolute Gasteiger partial charge is 0.170 e. The maximum absolute atomic E-state index is 5.71. The Kier molecular flexibility index (Phi) is 2.85. The lowest BCUT2D eigenvalue weighted by atomic mass is 10.2. The minimum absolute atomic E-state index is 0.432. The molecule has 0 aliphatic carbocycles. The number of rotatable bonds is 2. The van der Waals surface area contributed by atoms with E-state index in [-0.39, 0.29) is 0 Å². The number of nitrogens with zero attached hydrogens (tertiary/aromatic N) is 3. The second-order valence-electron chi connectivity index (χ2n) is 3.90. The zero-order valence-electron chi connectivity index (χ0n) is 9.55. The molecule has 1 aromatic carbocycles. The Labute approximate surface area is 113 Å². The normalized spacial score (nSPS) is 11.0. The summed E-state index contributed by atoms with van der Waals surface area (Å²) in [6.07, 6.45) is 1.75. The lowest BCUT2D eigenvalue weighted by molar-refractivity contribution is 0.838. The molecule has 2 aromatic heterocycles. The van der Waals surface area contributed by atoms with Gasteiger partial charge in [0.15, 0.2) is 5.65 Å². The van der Waals surface area contributed by atoms with Crippen molar-refractivity contribution in [1.29, 1.82) is 0 Å². The maximum Gasteiger partial charge on any atom is 0.170 e. The molecule has 5 heteroatoms. The fourth-order valence-electron chi connectivity index (χ4n) is 1.90. The molecule has 0 saturated carbocycles. The lowest BCUT2D eigenvalue weighted by Crippen LogP contribution is -2.05. The second-order valence-corrected chi connectivity index (χ2v) is 4.70. The van der Waals surface area contributed by atoms with Gasteiger partial charge in [0.2, 0.25) is 0 Å². The fourth-order valence-corrected chi connectivity index (χ4v) is 2.48. The first-order valence-corrected chi connectivity index (χ1v) is 6.38. The van der Waals surface area contributed by atoms with Crippen molar-refractivity contribution in [2.75, 3.05) is 0 Å². The largest absolute Gasteiger partial charge is 0.325 e. The Hall–Kier alpha value is -1.72. The third-order valence-electron chi connectivity index (χ3n) is 2.80. The van der Waals surface area contributed by atoms with E-state index in [4.69, 9.17) is 5.73 Å². The summed E-state index contributed by atoms with van der Waals surface area (Å²) in [6, 6.07) is 11.9. The van der Waals surface area contributed by atoms with Crippen molar-refractivity contribution >= 4 is 21.6 Å². The summed E-state index contributed by atoms with van der Waals surface area (Å²) in [4.78, 5) is 4.33. The molecule has 0 radical (unpaired) electrons. The highest BCUT2D eigenvalue weighted by Crippen LogP contribution is 2.30. The maximum atomic E-state index is 5.71. The van der Waals surface area contributed by atoms with Crippen LogP contribution >= 0.6 is 15.9 Å². The number of aromatic nitrogens is 3. The van der Waals surface area contributed by atoms with Crippen LogP contribution in [0.15, 0.2) is 47.1 Å². The van der Waals surface area contributed by atoms with Gasteiger partial charge in [-0.2, -0.15) is 5.10 Å². The Morgan fingerprint density at radius 2 is 1.94 bits per heavy atom. The summed E-state index contributed by atoms with van der Waals surface area (Å²) >= 11 is 3.57. The molecule has 0 aliphatic heterocycles. The van der Waals surface area contributed by atoms with Crippen molar-refractivity contribution in [2.45, 2.75) is 6.54 Å². The van der Waals surface area contributed by atoms with Crippen molar-refractivity contribution in [3.05, 3.63) is 52.8 Å². The van der Waals surface area contributed by atoms with E-state index in [2.05, 4.69) is 26.0 Å². The summed E-state index contributed by atoms with van der Waals surface area (Å²) < 4.78 is 2.68. The predicted molar refractivity (Wildman–Crippen MR) is 74.0 cm³/mol. The minimum Gasteiger partial charge on any atom is -0.325 e.